The summed E-state index contributed by atoms with van der Waals surface area (Å²) in [5.41, 5.74) is 0.150. The van der Waals surface area contributed by atoms with E-state index in [0.29, 0.717) is 5.75 Å². The highest BCUT2D eigenvalue weighted by Gasteiger charge is 2.18. The zero-order valence-electron chi connectivity index (χ0n) is 10.1. The fraction of sp³-hybridized carbons (Fsp3) is 0.333. The maximum Gasteiger partial charge on any atom is 0.339 e. The maximum absolute atomic E-state index is 11.8. The molecule has 0 spiro atoms. The molecule has 0 aliphatic heterocycles. The molecule has 0 saturated carbocycles. The number of thioether (sulfide) groups is 1. The van der Waals surface area contributed by atoms with Crippen LogP contribution in [0.25, 0.3) is 0 Å². The number of halogens is 1. The number of carboxylic acids is 1. The van der Waals surface area contributed by atoms with Crippen molar-refractivity contribution in [3.8, 4) is 0 Å². The molecule has 98 valence electrons. The largest absolute Gasteiger partial charge is 0.478 e. The van der Waals surface area contributed by atoms with Crippen LogP contribution in [0.5, 0.6) is 0 Å². The zero-order chi connectivity index (χ0) is 13.7. The van der Waals surface area contributed by atoms with Gasteiger partial charge in [-0.2, -0.15) is 11.8 Å². The number of hydrogen-bond acceptors (Lipinski definition) is 3. The van der Waals surface area contributed by atoms with E-state index in [-0.39, 0.29) is 28.1 Å². The number of aromatic carboxylic acids is 1. The molecule has 0 radical (unpaired) electrons. The molecule has 0 aromatic heterocycles. The maximum atomic E-state index is 11.8. The molecule has 6 heteroatoms. The lowest BCUT2D eigenvalue weighted by Crippen LogP contribution is -2.23. The van der Waals surface area contributed by atoms with E-state index >= 15 is 0 Å². The van der Waals surface area contributed by atoms with Crippen molar-refractivity contribution >= 4 is 40.9 Å². The number of carbonyl (C=O) groups excluding carboxylic acids is 1. The highest BCUT2D eigenvalue weighted by molar-refractivity contribution is 7.98. The molecule has 1 amide bonds. The Morgan fingerprint density at radius 2 is 2.17 bits per heavy atom. The Bertz CT molecular complexity index is 465. The van der Waals surface area contributed by atoms with Crippen molar-refractivity contribution in [3.05, 3.63) is 28.8 Å². The molecule has 0 aliphatic carbocycles. The summed E-state index contributed by atoms with van der Waals surface area (Å²) in [5, 5.41) is 11.8. The van der Waals surface area contributed by atoms with E-state index < -0.39 is 5.97 Å². The summed E-state index contributed by atoms with van der Waals surface area (Å²) in [5.74, 6) is -0.891. The Hall–Kier alpha value is -1.20. The molecular formula is C12H14ClNO3S. The number of benzene rings is 1. The summed E-state index contributed by atoms with van der Waals surface area (Å²) in [6, 6.07) is 4.61. The summed E-state index contributed by atoms with van der Waals surface area (Å²) < 4.78 is 0. The Balaban J connectivity index is 2.94. The second-order valence-corrected chi connectivity index (χ2v) is 5.13. The van der Waals surface area contributed by atoms with Gasteiger partial charge in [0, 0.05) is 11.7 Å². The van der Waals surface area contributed by atoms with Crippen molar-refractivity contribution in [2.75, 3.05) is 17.3 Å². The molecule has 0 bridgehead atoms. The first-order valence-electron chi connectivity index (χ1n) is 5.29. The molecule has 1 unspecified atom stereocenters. The van der Waals surface area contributed by atoms with Crippen LogP contribution in [0.1, 0.15) is 17.3 Å². The van der Waals surface area contributed by atoms with Crippen LogP contribution in [0, 0.1) is 5.92 Å². The minimum absolute atomic E-state index is 0.0798. The van der Waals surface area contributed by atoms with Gasteiger partial charge in [0.1, 0.15) is 5.56 Å². The monoisotopic (exact) mass is 287 g/mol. The van der Waals surface area contributed by atoms with Crippen molar-refractivity contribution in [3.63, 3.8) is 0 Å². The SMILES string of the molecule is CSCC(C)C(=O)Nc1cccc(Cl)c1C(=O)O. The van der Waals surface area contributed by atoms with E-state index in [1.165, 1.54) is 12.1 Å². The highest BCUT2D eigenvalue weighted by atomic mass is 35.5. The molecule has 1 aromatic rings. The summed E-state index contributed by atoms with van der Waals surface area (Å²) in [6.07, 6.45) is 1.91. The van der Waals surface area contributed by atoms with Crippen molar-refractivity contribution in [2.24, 2.45) is 5.92 Å². The number of carboxylic acid groups (broad SMARTS) is 1. The van der Waals surface area contributed by atoms with Gasteiger partial charge in [-0.25, -0.2) is 4.79 Å². The first-order valence-corrected chi connectivity index (χ1v) is 7.06. The summed E-state index contributed by atoms with van der Waals surface area (Å²) >= 11 is 7.37. The normalized spacial score (nSPS) is 11.9. The third kappa shape index (κ3) is 3.65. The number of hydrogen-bond donors (Lipinski definition) is 2. The zero-order valence-corrected chi connectivity index (χ0v) is 11.6. The minimum atomic E-state index is -1.16. The average Bonchev–Trinajstić information content (AvgIpc) is 2.28. The highest BCUT2D eigenvalue weighted by Crippen LogP contribution is 2.24. The van der Waals surface area contributed by atoms with Crippen LogP contribution in [0.15, 0.2) is 18.2 Å². The smallest absolute Gasteiger partial charge is 0.339 e. The summed E-state index contributed by atoms with van der Waals surface area (Å²) in [4.78, 5) is 22.9. The van der Waals surface area contributed by atoms with Crippen LogP contribution in [-0.2, 0) is 4.79 Å². The minimum Gasteiger partial charge on any atom is -0.478 e. The average molecular weight is 288 g/mol. The molecule has 0 saturated heterocycles. The molecule has 1 rings (SSSR count). The van der Waals surface area contributed by atoms with Gasteiger partial charge >= 0.3 is 5.97 Å². The molecule has 0 heterocycles. The predicted molar refractivity (Wildman–Crippen MR) is 74.6 cm³/mol. The van der Waals surface area contributed by atoms with E-state index in [4.69, 9.17) is 16.7 Å². The number of amides is 1. The van der Waals surface area contributed by atoms with Gasteiger partial charge < -0.3 is 10.4 Å². The third-order valence-corrected chi connectivity index (χ3v) is 3.50. The molecule has 1 atom stereocenters. The molecule has 2 N–H and O–H groups in total. The quantitative estimate of drug-likeness (QED) is 0.874. The van der Waals surface area contributed by atoms with E-state index in [2.05, 4.69) is 5.32 Å². The lowest BCUT2D eigenvalue weighted by molar-refractivity contribution is -0.118. The van der Waals surface area contributed by atoms with Gasteiger partial charge in [0.25, 0.3) is 0 Å². The van der Waals surface area contributed by atoms with Gasteiger partial charge in [-0.3, -0.25) is 4.79 Å². The van der Waals surface area contributed by atoms with Gasteiger partial charge in [-0.05, 0) is 18.4 Å². The molecule has 1 aromatic carbocycles. The van der Waals surface area contributed by atoms with Crippen LogP contribution in [0.4, 0.5) is 5.69 Å². The molecule has 0 aliphatic rings. The van der Waals surface area contributed by atoms with Gasteiger partial charge in [0.05, 0.1) is 10.7 Å². The van der Waals surface area contributed by atoms with Gasteiger partial charge in [0.2, 0.25) is 5.91 Å². The number of nitrogens with one attached hydrogen (secondary N) is 1. The van der Waals surface area contributed by atoms with Gasteiger partial charge in [-0.15, -0.1) is 0 Å². The Morgan fingerprint density at radius 3 is 2.72 bits per heavy atom. The van der Waals surface area contributed by atoms with E-state index in [1.54, 1.807) is 24.8 Å². The van der Waals surface area contributed by atoms with Crippen molar-refractivity contribution in [2.45, 2.75) is 6.92 Å². The fourth-order valence-corrected chi connectivity index (χ4v) is 2.33. The number of anilines is 1. The van der Waals surface area contributed by atoms with Crippen molar-refractivity contribution < 1.29 is 14.7 Å². The topological polar surface area (TPSA) is 66.4 Å². The molecule has 18 heavy (non-hydrogen) atoms. The van der Waals surface area contributed by atoms with Crippen LogP contribution < -0.4 is 5.32 Å². The van der Waals surface area contributed by atoms with Crippen LogP contribution in [0.3, 0.4) is 0 Å². The second kappa shape index (κ2) is 6.66. The Kier molecular flexibility index (Phi) is 5.50. The van der Waals surface area contributed by atoms with Crippen molar-refractivity contribution in [1.29, 1.82) is 0 Å². The molecule has 0 fully saturated rings. The predicted octanol–water partition coefficient (Wildman–Crippen LogP) is 2.98. The number of rotatable bonds is 5. The van der Waals surface area contributed by atoms with Gasteiger partial charge in [0.15, 0.2) is 0 Å². The van der Waals surface area contributed by atoms with Gasteiger partial charge in [-0.1, -0.05) is 24.6 Å². The van der Waals surface area contributed by atoms with Crippen LogP contribution in [0.2, 0.25) is 5.02 Å². The van der Waals surface area contributed by atoms with E-state index in [9.17, 15) is 9.59 Å². The third-order valence-electron chi connectivity index (χ3n) is 2.35. The fourth-order valence-electron chi connectivity index (χ4n) is 1.43. The Morgan fingerprint density at radius 1 is 1.50 bits per heavy atom. The van der Waals surface area contributed by atoms with Crippen LogP contribution in [-0.4, -0.2) is 29.0 Å². The first-order chi connectivity index (χ1) is 8.47. The van der Waals surface area contributed by atoms with E-state index in [0.717, 1.165) is 0 Å². The molecule has 4 nitrogen and oxygen atoms in total. The number of carbonyl (C=O) groups is 2. The summed E-state index contributed by atoms with van der Waals surface area (Å²) in [6.45, 7) is 1.79. The van der Waals surface area contributed by atoms with Crippen LogP contribution >= 0.6 is 23.4 Å². The lowest BCUT2D eigenvalue weighted by atomic mass is 10.1. The second-order valence-electron chi connectivity index (χ2n) is 3.81. The van der Waals surface area contributed by atoms with Crippen molar-refractivity contribution in [1.82, 2.24) is 0 Å². The van der Waals surface area contributed by atoms with E-state index in [1.807, 2.05) is 6.26 Å². The standard InChI is InChI=1S/C12H14ClNO3S/c1-7(6-18-2)11(15)14-9-5-3-4-8(13)10(9)12(16)17/h3-5,7H,6H2,1-2H3,(H,14,15)(H,16,17). The summed E-state index contributed by atoms with van der Waals surface area (Å²) in [7, 11) is 0. The lowest BCUT2D eigenvalue weighted by Gasteiger charge is -2.13. The molecular weight excluding hydrogens is 274 g/mol. The Labute approximate surface area is 115 Å². The first kappa shape index (κ1) is 14.9.